The van der Waals surface area contributed by atoms with Gasteiger partial charge in [-0.2, -0.15) is 0 Å². The summed E-state index contributed by atoms with van der Waals surface area (Å²) in [7, 11) is 0. The number of epoxide rings is 1. The van der Waals surface area contributed by atoms with Gasteiger partial charge in [0.1, 0.15) is 18.0 Å². The SMILES string of the molecule is CC(C)(C)OC(=O)NCC(c1ccc(OCc2ccccc2)cc1)C1CO1. The molecule has 1 heterocycles. The highest BCUT2D eigenvalue weighted by Gasteiger charge is 2.34. The van der Waals surface area contributed by atoms with Crippen molar-refractivity contribution in [1.82, 2.24) is 5.32 Å². The molecule has 3 rings (SSSR count). The number of ether oxygens (including phenoxy) is 3. The third kappa shape index (κ3) is 6.29. The lowest BCUT2D eigenvalue weighted by molar-refractivity contribution is 0.0523. The smallest absolute Gasteiger partial charge is 0.407 e. The molecule has 1 aliphatic rings. The fraction of sp³-hybridized carbons (Fsp3) is 0.409. The van der Waals surface area contributed by atoms with E-state index in [-0.39, 0.29) is 12.0 Å². The molecule has 1 aliphatic heterocycles. The van der Waals surface area contributed by atoms with Crippen LogP contribution in [0.5, 0.6) is 5.75 Å². The van der Waals surface area contributed by atoms with Crippen molar-refractivity contribution in [2.45, 2.75) is 45.0 Å². The van der Waals surface area contributed by atoms with E-state index in [1.807, 2.05) is 75.4 Å². The van der Waals surface area contributed by atoms with Gasteiger partial charge in [-0.25, -0.2) is 4.79 Å². The molecule has 2 atom stereocenters. The summed E-state index contributed by atoms with van der Waals surface area (Å²) in [5.74, 6) is 0.916. The zero-order valence-corrected chi connectivity index (χ0v) is 16.1. The van der Waals surface area contributed by atoms with E-state index in [2.05, 4.69) is 5.32 Å². The van der Waals surface area contributed by atoms with Gasteiger partial charge in [0.05, 0.1) is 12.7 Å². The first-order valence-electron chi connectivity index (χ1n) is 9.26. The van der Waals surface area contributed by atoms with Gasteiger partial charge in [0.15, 0.2) is 0 Å². The second-order valence-corrected chi connectivity index (χ2v) is 7.70. The van der Waals surface area contributed by atoms with Crippen LogP contribution in [-0.2, 0) is 16.1 Å². The predicted octanol–water partition coefficient (Wildman–Crippen LogP) is 4.27. The molecule has 0 aromatic heterocycles. The molecule has 2 unspecified atom stereocenters. The van der Waals surface area contributed by atoms with Crippen LogP contribution in [0.1, 0.15) is 37.8 Å². The number of hydrogen-bond donors (Lipinski definition) is 1. The van der Waals surface area contributed by atoms with Crippen molar-refractivity contribution in [3.63, 3.8) is 0 Å². The predicted molar refractivity (Wildman–Crippen MR) is 104 cm³/mol. The highest BCUT2D eigenvalue weighted by atomic mass is 16.6. The lowest BCUT2D eigenvalue weighted by atomic mass is 9.96. The monoisotopic (exact) mass is 369 g/mol. The molecule has 0 bridgehead atoms. The van der Waals surface area contributed by atoms with Crippen molar-refractivity contribution in [1.29, 1.82) is 0 Å². The van der Waals surface area contributed by atoms with Crippen LogP contribution in [0.4, 0.5) is 4.79 Å². The maximum absolute atomic E-state index is 11.9. The molecule has 1 N–H and O–H groups in total. The van der Waals surface area contributed by atoms with E-state index in [0.717, 1.165) is 16.9 Å². The molecule has 27 heavy (non-hydrogen) atoms. The molecule has 1 saturated heterocycles. The summed E-state index contributed by atoms with van der Waals surface area (Å²) in [5, 5.41) is 2.85. The van der Waals surface area contributed by atoms with Crippen molar-refractivity contribution in [3.05, 3.63) is 65.7 Å². The number of amides is 1. The van der Waals surface area contributed by atoms with E-state index in [1.54, 1.807) is 0 Å². The lowest BCUT2D eigenvalue weighted by Gasteiger charge is -2.21. The van der Waals surface area contributed by atoms with E-state index in [4.69, 9.17) is 14.2 Å². The number of nitrogens with one attached hydrogen (secondary N) is 1. The number of benzene rings is 2. The van der Waals surface area contributed by atoms with Gasteiger partial charge in [0.2, 0.25) is 0 Å². The van der Waals surface area contributed by atoms with Gasteiger partial charge >= 0.3 is 6.09 Å². The van der Waals surface area contributed by atoms with E-state index in [9.17, 15) is 4.79 Å². The molecule has 0 saturated carbocycles. The van der Waals surface area contributed by atoms with Crippen LogP contribution >= 0.6 is 0 Å². The van der Waals surface area contributed by atoms with Gasteiger partial charge in [-0.05, 0) is 44.0 Å². The van der Waals surface area contributed by atoms with E-state index in [0.29, 0.717) is 19.8 Å². The van der Waals surface area contributed by atoms with Crippen molar-refractivity contribution < 1.29 is 19.0 Å². The van der Waals surface area contributed by atoms with Gasteiger partial charge in [0.25, 0.3) is 0 Å². The Morgan fingerprint density at radius 3 is 2.41 bits per heavy atom. The Labute approximate surface area is 160 Å². The molecule has 0 aliphatic carbocycles. The maximum atomic E-state index is 11.9. The first-order valence-corrected chi connectivity index (χ1v) is 9.26. The zero-order chi connectivity index (χ0) is 19.3. The number of hydrogen-bond acceptors (Lipinski definition) is 4. The Morgan fingerprint density at radius 2 is 1.81 bits per heavy atom. The molecule has 1 fully saturated rings. The molecule has 5 heteroatoms. The van der Waals surface area contributed by atoms with Crippen molar-refractivity contribution in [3.8, 4) is 5.75 Å². The van der Waals surface area contributed by atoms with E-state index >= 15 is 0 Å². The lowest BCUT2D eigenvalue weighted by Crippen LogP contribution is -2.35. The third-order valence-corrected chi connectivity index (χ3v) is 4.23. The zero-order valence-electron chi connectivity index (χ0n) is 16.1. The summed E-state index contributed by atoms with van der Waals surface area (Å²) in [5.41, 5.74) is 1.74. The Hall–Kier alpha value is -2.53. The Bertz CT molecular complexity index is 733. The van der Waals surface area contributed by atoms with Crippen molar-refractivity contribution in [2.75, 3.05) is 13.2 Å². The van der Waals surface area contributed by atoms with Crippen LogP contribution < -0.4 is 10.1 Å². The first-order chi connectivity index (χ1) is 12.9. The molecule has 2 aromatic rings. The highest BCUT2D eigenvalue weighted by Crippen LogP contribution is 2.30. The van der Waals surface area contributed by atoms with Crippen LogP contribution in [0.2, 0.25) is 0 Å². The maximum Gasteiger partial charge on any atom is 0.407 e. The van der Waals surface area contributed by atoms with Crippen LogP contribution in [0.25, 0.3) is 0 Å². The molecular weight excluding hydrogens is 342 g/mol. The molecule has 144 valence electrons. The average molecular weight is 369 g/mol. The Balaban J connectivity index is 1.55. The molecular formula is C22H27NO4. The summed E-state index contributed by atoms with van der Waals surface area (Å²) in [4.78, 5) is 11.9. The van der Waals surface area contributed by atoms with Crippen LogP contribution in [0.15, 0.2) is 54.6 Å². The summed E-state index contributed by atoms with van der Waals surface area (Å²) < 4.78 is 16.6. The minimum absolute atomic E-state index is 0.0979. The fourth-order valence-corrected chi connectivity index (χ4v) is 2.81. The Kier molecular flexibility index (Phi) is 6.01. The standard InChI is InChI=1S/C22H27NO4/c1-22(2,3)27-21(24)23-13-19(20-15-26-20)17-9-11-18(12-10-17)25-14-16-7-5-4-6-8-16/h4-12,19-20H,13-15H2,1-3H3,(H,23,24). The molecule has 5 nitrogen and oxygen atoms in total. The quantitative estimate of drug-likeness (QED) is 0.741. The largest absolute Gasteiger partial charge is 0.489 e. The second-order valence-electron chi connectivity index (χ2n) is 7.70. The number of rotatable bonds is 7. The van der Waals surface area contributed by atoms with Gasteiger partial charge < -0.3 is 19.5 Å². The second kappa shape index (κ2) is 8.44. The van der Waals surface area contributed by atoms with Crippen LogP contribution in [0, 0.1) is 0 Å². The molecule has 0 spiro atoms. The normalized spacial score (nSPS) is 17.1. The summed E-state index contributed by atoms with van der Waals surface area (Å²) in [6.45, 7) is 7.28. The summed E-state index contributed by atoms with van der Waals surface area (Å²) in [6, 6.07) is 18.0. The molecule has 1 amide bonds. The van der Waals surface area contributed by atoms with Crippen molar-refractivity contribution in [2.24, 2.45) is 0 Å². The number of carbonyl (C=O) groups excluding carboxylic acids is 1. The minimum atomic E-state index is -0.507. The number of alkyl carbamates (subject to hydrolysis) is 1. The van der Waals surface area contributed by atoms with Crippen molar-refractivity contribution >= 4 is 6.09 Å². The third-order valence-electron chi connectivity index (χ3n) is 4.23. The van der Waals surface area contributed by atoms with Gasteiger partial charge in [-0.3, -0.25) is 0 Å². The number of carbonyl (C=O) groups is 1. The summed E-state index contributed by atoms with van der Waals surface area (Å²) >= 11 is 0. The average Bonchev–Trinajstić information content (AvgIpc) is 3.46. The molecule has 2 aromatic carbocycles. The van der Waals surface area contributed by atoms with E-state index < -0.39 is 11.7 Å². The van der Waals surface area contributed by atoms with Gasteiger partial charge in [0, 0.05) is 12.5 Å². The van der Waals surface area contributed by atoms with Crippen LogP contribution in [-0.4, -0.2) is 30.9 Å². The highest BCUT2D eigenvalue weighted by molar-refractivity contribution is 5.67. The summed E-state index contributed by atoms with van der Waals surface area (Å²) in [6.07, 6.45) is -0.271. The van der Waals surface area contributed by atoms with Gasteiger partial charge in [-0.15, -0.1) is 0 Å². The topological polar surface area (TPSA) is 60.1 Å². The fourth-order valence-electron chi connectivity index (χ4n) is 2.81. The van der Waals surface area contributed by atoms with Crippen LogP contribution in [0.3, 0.4) is 0 Å². The van der Waals surface area contributed by atoms with Gasteiger partial charge in [-0.1, -0.05) is 42.5 Å². The molecule has 0 radical (unpaired) electrons. The minimum Gasteiger partial charge on any atom is -0.489 e. The Morgan fingerprint density at radius 1 is 1.15 bits per heavy atom. The van der Waals surface area contributed by atoms with E-state index in [1.165, 1.54) is 0 Å². The first kappa shape index (κ1) is 19.2.